The van der Waals surface area contributed by atoms with Gasteiger partial charge in [-0.25, -0.2) is 9.97 Å². The molecule has 0 spiro atoms. The number of nitrogens with zero attached hydrogens (tertiary/aromatic N) is 4. The Kier molecular flexibility index (Phi) is 5.45. The topological polar surface area (TPSA) is 70.5 Å². The van der Waals surface area contributed by atoms with Crippen LogP contribution >= 0.6 is 11.3 Å². The lowest BCUT2D eigenvalue weighted by Crippen LogP contribution is -2.46. The maximum absolute atomic E-state index is 13.3. The third-order valence-corrected chi connectivity index (χ3v) is 7.62. The van der Waals surface area contributed by atoms with Crippen LogP contribution in [-0.4, -0.2) is 39.1 Å². The fourth-order valence-electron chi connectivity index (χ4n) is 5.05. The molecule has 2 aromatic heterocycles. The van der Waals surface area contributed by atoms with Crippen molar-refractivity contribution < 1.29 is 4.79 Å². The first-order chi connectivity index (χ1) is 15.4. The molecule has 3 heterocycles. The molecule has 2 aliphatic rings. The molecule has 5 rings (SSSR count). The highest BCUT2D eigenvalue weighted by Gasteiger charge is 2.33. The minimum atomic E-state index is 0.0423. The molecule has 0 radical (unpaired) electrons. The smallest absolute Gasteiger partial charge is 0.226 e. The zero-order chi connectivity index (χ0) is 22.4. The second-order valence-corrected chi connectivity index (χ2v) is 10.4. The Morgan fingerprint density at radius 3 is 2.78 bits per heavy atom. The maximum Gasteiger partial charge on any atom is 0.226 e. The minimum absolute atomic E-state index is 0.0423. The van der Waals surface area contributed by atoms with E-state index >= 15 is 0 Å². The van der Waals surface area contributed by atoms with Gasteiger partial charge in [-0.15, -0.1) is 11.3 Å². The van der Waals surface area contributed by atoms with Crippen molar-refractivity contribution in [3.63, 3.8) is 0 Å². The molecule has 0 saturated carbocycles. The number of hydrogen-bond acceptors (Lipinski definition) is 6. The number of benzene rings is 1. The number of carbonyl (C=O) groups excluding carboxylic acids is 1. The van der Waals surface area contributed by atoms with Gasteiger partial charge in [-0.05, 0) is 75.8 Å². The maximum atomic E-state index is 13.3. The van der Waals surface area contributed by atoms with Crippen LogP contribution in [0, 0.1) is 5.92 Å². The molecule has 1 amide bonds. The lowest BCUT2D eigenvalue weighted by atomic mass is 9.86. The fourth-order valence-corrected chi connectivity index (χ4v) is 6.31. The quantitative estimate of drug-likeness (QED) is 0.589. The average molecular weight is 448 g/mol. The Balaban J connectivity index is 1.44. The van der Waals surface area contributed by atoms with E-state index in [0.29, 0.717) is 0 Å². The van der Waals surface area contributed by atoms with Crippen LogP contribution in [-0.2, 0) is 24.2 Å². The van der Waals surface area contributed by atoms with E-state index in [9.17, 15) is 4.79 Å². The van der Waals surface area contributed by atoms with E-state index in [1.165, 1.54) is 16.0 Å². The number of nitrogens with one attached hydrogen (secondary N) is 1. The molecule has 0 bridgehead atoms. The summed E-state index contributed by atoms with van der Waals surface area (Å²) in [5.41, 5.74) is 4.73. The molecule has 1 aromatic carbocycles. The van der Waals surface area contributed by atoms with Crippen LogP contribution in [0.15, 0.2) is 29.5 Å². The third-order valence-electron chi connectivity index (χ3n) is 6.46. The van der Waals surface area contributed by atoms with Gasteiger partial charge in [0.2, 0.25) is 5.91 Å². The third kappa shape index (κ3) is 3.68. The first-order valence-corrected chi connectivity index (χ1v) is 12.2. The van der Waals surface area contributed by atoms with Gasteiger partial charge in [-0.3, -0.25) is 9.79 Å². The van der Waals surface area contributed by atoms with Gasteiger partial charge >= 0.3 is 0 Å². The van der Waals surface area contributed by atoms with E-state index in [1.807, 2.05) is 11.1 Å². The number of anilines is 2. The van der Waals surface area contributed by atoms with Crippen LogP contribution < -0.4 is 5.32 Å². The lowest BCUT2D eigenvalue weighted by molar-refractivity contribution is -0.139. The molecule has 0 fully saturated rings. The average Bonchev–Trinajstić information content (AvgIpc) is 3.36. The second kappa shape index (κ2) is 8.28. The highest BCUT2D eigenvalue weighted by Crippen LogP contribution is 2.41. The summed E-state index contributed by atoms with van der Waals surface area (Å²) in [6.45, 7) is 9.16. The molecule has 6 nitrogen and oxygen atoms in total. The molecule has 32 heavy (non-hydrogen) atoms. The zero-order valence-corrected chi connectivity index (χ0v) is 19.9. The summed E-state index contributed by atoms with van der Waals surface area (Å²) in [7, 11) is 0. The predicted molar refractivity (Wildman–Crippen MR) is 131 cm³/mol. The summed E-state index contributed by atoms with van der Waals surface area (Å²) in [5.74, 6) is 1.17. The molecular weight excluding hydrogens is 418 g/mol. The first-order valence-electron chi connectivity index (χ1n) is 11.4. The van der Waals surface area contributed by atoms with E-state index in [-0.39, 0.29) is 23.9 Å². The van der Waals surface area contributed by atoms with Crippen molar-refractivity contribution in [1.82, 2.24) is 14.9 Å². The number of hydrogen-bond donors (Lipinski definition) is 1. The highest BCUT2D eigenvalue weighted by molar-refractivity contribution is 7.19. The van der Waals surface area contributed by atoms with Crippen LogP contribution in [0.2, 0.25) is 0 Å². The van der Waals surface area contributed by atoms with Crippen molar-refractivity contribution >= 4 is 45.2 Å². The monoisotopic (exact) mass is 447 g/mol. The minimum Gasteiger partial charge on any atom is -0.340 e. The largest absolute Gasteiger partial charge is 0.340 e. The van der Waals surface area contributed by atoms with Crippen molar-refractivity contribution in [2.45, 2.75) is 65.6 Å². The van der Waals surface area contributed by atoms with Gasteiger partial charge in [0.25, 0.3) is 0 Å². The van der Waals surface area contributed by atoms with Crippen molar-refractivity contribution in [2.24, 2.45) is 10.9 Å². The molecule has 1 aliphatic heterocycles. The van der Waals surface area contributed by atoms with Gasteiger partial charge in [-0.1, -0.05) is 6.07 Å². The number of aryl methyl sites for hydroxylation is 1. The molecule has 1 N–H and O–H groups in total. The summed E-state index contributed by atoms with van der Waals surface area (Å²) in [5, 5.41) is 4.62. The van der Waals surface area contributed by atoms with Crippen LogP contribution in [0.4, 0.5) is 11.5 Å². The Bertz CT molecular complexity index is 1200. The van der Waals surface area contributed by atoms with Gasteiger partial charge in [0.15, 0.2) is 0 Å². The summed E-state index contributed by atoms with van der Waals surface area (Å²) < 4.78 is 0. The number of thiophene rings is 1. The molecule has 0 unspecified atom stereocenters. The first kappa shape index (κ1) is 21.1. The van der Waals surface area contributed by atoms with Gasteiger partial charge in [-0.2, -0.15) is 0 Å². The number of aromatic nitrogens is 2. The molecular formula is C25H29N5OS. The Labute approximate surface area is 192 Å². The van der Waals surface area contributed by atoms with Gasteiger partial charge in [0.1, 0.15) is 17.0 Å². The van der Waals surface area contributed by atoms with Crippen LogP contribution in [0.1, 0.15) is 55.7 Å². The predicted octanol–water partition coefficient (Wildman–Crippen LogP) is 5.12. The van der Waals surface area contributed by atoms with E-state index < -0.39 is 0 Å². The lowest BCUT2D eigenvalue weighted by Gasteiger charge is -2.35. The number of fused-ring (bicyclic) bond motifs is 4. The van der Waals surface area contributed by atoms with Crippen molar-refractivity contribution in [2.75, 3.05) is 5.32 Å². The van der Waals surface area contributed by atoms with E-state index in [2.05, 4.69) is 66.2 Å². The Hall–Kier alpha value is -2.80. The summed E-state index contributed by atoms with van der Waals surface area (Å²) in [4.78, 5) is 31.1. The number of aliphatic imine (C=N–C) groups is 1. The summed E-state index contributed by atoms with van der Waals surface area (Å²) in [6.07, 6.45) is 6.10. The van der Waals surface area contributed by atoms with Gasteiger partial charge in [0.05, 0.1) is 11.9 Å². The highest BCUT2D eigenvalue weighted by atomic mass is 32.1. The van der Waals surface area contributed by atoms with Crippen LogP contribution in [0.3, 0.4) is 0 Å². The molecule has 1 aliphatic carbocycles. The van der Waals surface area contributed by atoms with Gasteiger partial charge < -0.3 is 10.2 Å². The van der Waals surface area contributed by atoms with Crippen molar-refractivity contribution in [3.8, 4) is 0 Å². The SMILES string of the molecule is CC(C)N(C(=O)[C@H]1CCc2c(sc3ncnc(Nc4ccc5c(c4)C=NC5)c23)C1)C(C)C. The standard InChI is InChI=1S/C25H29N5OS/c1-14(2)30(15(3)4)25(31)16-6-8-20-21(10-16)32-24-22(20)23(27-13-28-24)29-19-7-5-17-11-26-12-18(17)9-19/h5,7,9,12-16H,6,8,10-11H2,1-4H3,(H,27,28,29)/t16-/m0/s1. The van der Waals surface area contributed by atoms with E-state index in [0.717, 1.165) is 53.1 Å². The summed E-state index contributed by atoms with van der Waals surface area (Å²) >= 11 is 1.71. The van der Waals surface area contributed by atoms with Crippen LogP contribution in [0.25, 0.3) is 10.2 Å². The molecule has 1 atom stereocenters. The van der Waals surface area contributed by atoms with Crippen LogP contribution in [0.5, 0.6) is 0 Å². The molecule has 166 valence electrons. The Morgan fingerprint density at radius 1 is 1.19 bits per heavy atom. The van der Waals surface area contributed by atoms with E-state index in [4.69, 9.17) is 0 Å². The Morgan fingerprint density at radius 2 is 2.00 bits per heavy atom. The molecule has 7 heteroatoms. The number of amides is 1. The number of carbonyl (C=O) groups is 1. The summed E-state index contributed by atoms with van der Waals surface area (Å²) in [6, 6.07) is 6.76. The normalized spacial score (nSPS) is 17.1. The van der Waals surface area contributed by atoms with E-state index in [1.54, 1.807) is 17.7 Å². The molecule has 3 aromatic rings. The van der Waals surface area contributed by atoms with Crippen molar-refractivity contribution in [1.29, 1.82) is 0 Å². The second-order valence-electron chi connectivity index (χ2n) is 9.29. The van der Waals surface area contributed by atoms with Crippen molar-refractivity contribution in [3.05, 3.63) is 46.1 Å². The number of rotatable bonds is 5. The fraction of sp³-hybridized carbons (Fsp3) is 0.440. The van der Waals surface area contributed by atoms with Gasteiger partial charge in [0, 0.05) is 34.8 Å². The molecule has 0 saturated heterocycles. The zero-order valence-electron chi connectivity index (χ0n) is 19.1.